The van der Waals surface area contributed by atoms with Crippen LogP contribution in [0.25, 0.3) is 0 Å². The first-order valence-corrected chi connectivity index (χ1v) is 9.99. The van der Waals surface area contributed by atoms with Gasteiger partial charge in [0.25, 0.3) is 5.91 Å². The number of carbonyl (C=O) groups excluding carboxylic acids is 1. The van der Waals surface area contributed by atoms with Gasteiger partial charge in [-0.15, -0.1) is 0 Å². The summed E-state index contributed by atoms with van der Waals surface area (Å²) in [6.45, 7) is 5.93. The van der Waals surface area contributed by atoms with Crippen LogP contribution in [0, 0.1) is 13.8 Å². The highest BCUT2D eigenvalue weighted by atomic mass is 35.5. The van der Waals surface area contributed by atoms with E-state index in [-0.39, 0.29) is 28.2 Å². The third-order valence-electron chi connectivity index (χ3n) is 3.89. The number of hydrogen-bond donors (Lipinski definition) is 2. The minimum Gasteiger partial charge on any atom is -0.345 e. The second-order valence-corrected chi connectivity index (χ2v) is 8.26. The Morgan fingerprint density at radius 2 is 1.76 bits per heavy atom. The van der Waals surface area contributed by atoms with Gasteiger partial charge < -0.3 is 5.32 Å². The number of aryl methyl sites for hydroxylation is 2. The number of amides is 1. The van der Waals surface area contributed by atoms with Crippen LogP contribution in [-0.2, 0) is 10.0 Å². The number of hydrogen-bond acceptors (Lipinski definition) is 3. The molecule has 7 heteroatoms. The molecule has 0 unspecified atom stereocenters. The minimum atomic E-state index is -3.43. The number of nitrogens with one attached hydrogen (secondary N) is 2. The van der Waals surface area contributed by atoms with E-state index >= 15 is 0 Å². The van der Waals surface area contributed by atoms with Crippen molar-refractivity contribution in [1.82, 2.24) is 5.32 Å². The Morgan fingerprint density at radius 1 is 1.08 bits per heavy atom. The lowest BCUT2D eigenvalue weighted by Crippen LogP contribution is -2.27. The molecular weight excluding hydrogens is 360 g/mol. The fraction of sp³-hybridized carbons (Fsp3) is 0.278. The van der Waals surface area contributed by atoms with Crippen LogP contribution in [0.2, 0.25) is 5.02 Å². The molecule has 2 N–H and O–H groups in total. The summed E-state index contributed by atoms with van der Waals surface area (Å²) in [6, 6.07) is 10.2. The molecule has 2 rings (SSSR count). The number of sulfonamides is 1. The normalized spacial score (nSPS) is 12.5. The van der Waals surface area contributed by atoms with Gasteiger partial charge in [-0.1, -0.05) is 29.8 Å². The quantitative estimate of drug-likeness (QED) is 0.827. The van der Waals surface area contributed by atoms with Crippen molar-refractivity contribution in [3.63, 3.8) is 0 Å². The average Bonchev–Trinajstić information content (AvgIpc) is 2.50. The molecule has 0 heterocycles. The molecule has 0 bridgehead atoms. The molecule has 0 saturated heterocycles. The van der Waals surface area contributed by atoms with Crippen molar-refractivity contribution < 1.29 is 13.2 Å². The van der Waals surface area contributed by atoms with Crippen LogP contribution in [0.3, 0.4) is 0 Å². The zero-order valence-electron chi connectivity index (χ0n) is 14.6. The molecule has 1 amide bonds. The van der Waals surface area contributed by atoms with Gasteiger partial charge in [0.15, 0.2) is 0 Å². The Morgan fingerprint density at radius 3 is 2.36 bits per heavy atom. The van der Waals surface area contributed by atoms with Gasteiger partial charge in [0, 0.05) is 5.69 Å². The smallest absolute Gasteiger partial charge is 0.253 e. The molecular formula is C18H21ClN2O3S. The lowest BCUT2D eigenvalue weighted by atomic mass is 10.0. The van der Waals surface area contributed by atoms with Crippen molar-refractivity contribution in [2.45, 2.75) is 26.8 Å². The fourth-order valence-electron chi connectivity index (χ4n) is 2.37. The van der Waals surface area contributed by atoms with Gasteiger partial charge in [0.05, 0.1) is 22.9 Å². The molecule has 0 aliphatic carbocycles. The van der Waals surface area contributed by atoms with Gasteiger partial charge in [-0.25, -0.2) is 8.42 Å². The second kappa shape index (κ2) is 7.45. The van der Waals surface area contributed by atoms with Crippen molar-refractivity contribution in [3.05, 3.63) is 63.7 Å². The number of benzene rings is 2. The standard InChI is InChI=1S/C18H21ClN2O3S/c1-11-5-6-14(9-12(11)2)13(3)20-18(22)16-10-15(7-8-17(16)19)21-25(4,23)24/h5-10,13,21H,1-4H3,(H,20,22)/t13-/m0/s1. The maximum Gasteiger partial charge on any atom is 0.253 e. The highest BCUT2D eigenvalue weighted by molar-refractivity contribution is 7.92. The molecule has 0 spiro atoms. The molecule has 0 aliphatic rings. The number of anilines is 1. The van der Waals surface area contributed by atoms with Crippen LogP contribution in [0.15, 0.2) is 36.4 Å². The minimum absolute atomic E-state index is 0.214. The molecule has 2 aromatic carbocycles. The van der Waals surface area contributed by atoms with Crippen LogP contribution >= 0.6 is 11.6 Å². The molecule has 0 fully saturated rings. The molecule has 0 aliphatic heterocycles. The summed E-state index contributed by atoms with van der Waals surface area (Å²) >= 11 is 6.10. The number of rotatable bonds is 5. The first kappa shape index (κ1) is 19.3. The van der Waals surface area contributed by atoms with E-state index < -0.39 is 10.0 Å². The zero-order chi connectivity index (χ0) is 18.8. The molecule has 0 aromatic heterocycles. The molecule has 5 nitrogen and oxygen atoms in total. The molecule has 2 aromatic rings. The summed E-state index contributed by atoms with van der Waals surface area (Å²) < 4.78 is 25.0. The van der Waals surface area contributed by atoms with E-state index in [1.165, 1.54) is 23.8 Å². The van der Waals surface area contributed by atoms with Crippen molar-refractivity contribution in [2.75, 3.05) is 11.0 Å². The Bertz CT molecular complexity index is 911. The molecule has 0 saturated carbocycles. The summed E-state index contributed by atoms with van der Waals surface area (Å²) in [5.74, 6) is -0.368. The van der Waals surface area contributed by atoms with E-state index in [0.29, 0.717) is 0 Å². The lowest BCUT2D eigenvalue weighted by molar-refractivity contribution is 0.0940. The van der Waals surface area contributed by atoms with E-state index in [1.807, 2.05) is 39.0 Å². The van der Waals surface area contributed by atoms with Crippen molar-refractivity contribution in [1.29, 1.82) is 0 Å². The number of halogens is 1. The maximum atomic E-state index is 12.5. The zero-order valence-corrected chi connectivity index (χ0v) is 16.1. The highest BCUT2D eigenvalue weighted by Gasteiger charge is 2.16. The molecule has 25 heavy (non-hydrogen) atoms. The SMILES string of the molecule is Cc1ccc([C@H](C)NC(=O)c2cc(NS(C)(=O)=O)ccc2Cl)cc1C. The van der Waals surface area contributed by atoms with Gasteiger partial charge in [-0.2, -0.15) is 0 Å². The van der Waals surface area contributed by atoms with E-state index in [4.69, 9.17) is 11.6 Å². The van der Waals surface area contributed by atoms with E-state index in [9.17, 15) is 13.2 Å². The van der Waals surface area contributed by atoms with E-state index in [0.717, 1.165) is 17.4 Å². The summed E-state index contributed by atoms with van der Waals surface area (Å²) in [6.07, 6.45) is 1.04. The van der Waals surface area contributed by atoms with Crippen LogP contribution in [0.5, 0.6) is 0 Å². The largest absolute Gasteiger partial charge is 0.345 e. The maximum absolute atomic E-state index is 12.5. The Balaban J connectivity index is 2.22. The number of carbonyl (C=O) groups is 1. The summed E-state index contributed by atoms with van der Waals surface area (Å²) in [5.41, 5.74) is 3.82. The first-order chi connectivity index (χ1) is 11.6. The summed E-state index contributed by atoms with van der Waals surface area (Å²) in [7, 11) is -3.43. The van der Waals surface area contributed by atoms with E-state index in [1.54, 1.807) is 0 Å². The van der Waals surface area contributed by atoms with Crippen LogP contribution < -0.4 is 10.0 Å². The van der Waals surface area contributed by atoms with Crippen molar-refractivity contribution in [2.24, 2.45) is 0 Å². The second-order valence-electron chi connectivity index (χ2n) is 6.11. The molecule has 1 atom stereocenters. The van der Waals surface area contributed by atoms with Gasteiger partial charge in [0.1, 0.15) is 0 Å². The molecule has 134 valence electrons. The third kappa shape index (κ3) is 5.21. The predicted molar refractivity (Wildman–Crippen MR) is 102 cm³/mol. The topological polar surface area (TPSA) is 75.3 Å². The Kier molecular flexibility index (Phi) is 5.75. The first-order valence-electron chi connectivity index (χ1n) is 7.72. The van der Waals surface area contributed by atoms with Crippen molar-refractivity contribution in [3.8, 4) is 0 Å². The fourth-order valence-corrected chi connectivity index (χ4v) is 3.13. The average molecular weight is 381 g/mol. The third-order valence-corrected chi connectivity index (χ3v) is 4.83. The Hall–Kier alpha value is -2.05. The van der Waals surface area contributed by atoms with Gasteiger partial charge in [-0.3, -0.25) is 9.52 Å². The lowest BCUT2D eigenvalue weighted by Gasteiger charge is -2.17. The van der Waals surface area contributed by atoms with Gasteiger partial charge in [0.2, 0.25) is 10.0 Å². The summed E-state index contributed by atoms with van der Waals surface area (Å²) in [4.78, 5) is 12.5. The monoisotopic (exact) mass is 380 g/mol. The molecule has 0 radical (unpaired) electrons. The summed E-state index contributed by atoms with van der Waals surface area (Å²) in [5, 5.41) is 3.14. The van der Waals surface area contributed by atoms with Crippen LogP contribution in [-0.4, -0.2) is 20.6 Å². The van der Waals surface area contributed by atoms with E-state index in [2.05, 4.69) is 10.0 Å². The van der Waals surface area contributed by atoms with Crippen LogP contribution in [0.1, 0.15) is 40.0 Å². The predicted octanol–water partition coefficient (Wildman–Crippen LogP) is 3.82. The van der Waals surface area contributed by atoms with Gasteiger partial charge in [-0.05, 0) is 55.7 Å². The van der Waals surface area contributed by atoms with Crippen LogP contribution in [0.4, 0.5) is 5.69 Å². The van der Waals surface area contributed by atoms with Crippen molar-refractivity contribution >= 4 is 33.2 Å². The van der Waals surface area contributed by atoms with Gasteiger partial charge >= 0.3 is 0 Å². The highest BCUT2D eigenvalue weighted by Crippen LogP contribution is 2.23. The Labute approximate surface area is 153 Å².